The van der Waals surface area contributed by atoms with E-state index in [-0.39, 0.29) is 12.0 Å². The standard InChI is InChI=1S/C48H35N3/c49-32-34-19-27-42(28-20-34)51-46-18-10-9-17-45(46)48-44-16-8-7-15-43(44)39(31-47(48)51)33-50(40-13-5-2-6-14-40)41-29-25-38(26-30-41)37-23-21-36(22-24-37)35-11-3-1-4-12-35/h1-31,47-48H,33H2. The van der Waals surface area contributed by atoms with E-state index in [2.05, 4.69) is 192 Å². The van der Waals surface area contributed by atoms with Crippen LogP contribution < -0.4 is 9.80 Å². The van der Waals surface area contributed by atoms with E-state index in [9.17, 15) is 5.26 Å². The van der Waals surface area contributed by atoms with Crippen molar-refractivity contribution in [2.45, 2.75) is 12.0 Å². The third kappa shape index (κ3) is 5.58. The number of fused-ring (bicyclic) bond motifs is 5. The van der Waals surface area contributed by atoms with Crippen LogP contribution in [0.2, 0.25) is 0 Å². The Bertz CT molecular complexity index is 2390. The average molecular weight is 654 g/mol. The first kappa shape index (κ1) is 30.4. The number of benzene rings is 7. The molecule has 0 saturated heterocycles. The average Bonchev–Trinajstić information content (AvgIpc) is 3.55. The second-order valence-electron chi connectivity index (χ2n) is 13.2. The minimum absolute atomic E-state index is 0.0964. The SMILES string of the molecule is N#Cc1ccc(N2c3ccccc3C3c4ccccc4C(CN(c4ccccc4)c4ccc(-c5ccc(-c6ccccc6)cc5)cc4)=CC32)cc1. The Hall–Kier alpha value is -6.63. The molecule has 1 aliphatic heterocycles. The van der Waals surface area contributed by atoms with Crippen molar-refractivity contribution in [3.63, 3.8) is 0 Å². The Balaban J connectivity index is 1.09. The van der Waals surface area contributed by atoms with Gasteiger partial charge in [0.2, 0.25) is 0 Å². The maximum Gasteiger partial charge on any atom is 0.0991 e. The van der Waals surface area contributed by atoms with Gasteiger partial charge in [-0.25, -0.2) is 0 Å². The molecule has 7 aromatic carbocycles. The van der Waals surface area contributed by atoms with E-state index in [1.54, 1.807) is 0 Å². The van der Waals surface area contributed by atoms with Crippen molar-refractivity contribution in [1.82, 2.24) is 0 Å². The molecule has 0 fully saturated rings. The molecule has 0 aromatic heterocycles. The lowest BCUT2D eigenvalue weighted by Gasteiger charge is -2.36. The molecule has 1 aliphatic carbocycles. The zero-order valence-electron chi connectivity index (χ0n) is 28.1. The number of hydrogen-bond donors (Lipinski definition) is 0. The topological polar surface area (TPSA) is 30.3 Å². The third-order valence-corrected chi connectivity index (χ3v) is 10.4. The Morgan fingerprint density at radius 3 is 1.71 bits per heavy atom. The van der Waals surface area contributed by atoms with E-state index in [0.29, 0.717) is 12.1 Å². The highest BCUT2D eigenvalue weighted by molar-refractivity contribution is 5.85. The van der Waals surface area contributed by atoms with Crippen LogP contribution in [0.4, 0.5) is 22.7 Å². The molecule has 3 heteroatoms. The van der Waals surface area contributed by atoms with Crippen molar-refractivity contribution in [3.8, 4) is 28.3 Å². The monoisotopic (exact) mass is 653 g/mol. The fourth-order valence-electron chi connectivity index (χ4n) is 7.92. The van der Waals surface area contributed by atoms with Gasteiger partial charge in [-0.3, -0.25) is 0 Å². The smallest absolute Gasteiger partial charge is 0.0991 e. The Morgan fingerprint density at radius 2 is 1.04 bits per heavy atom. The van der Waals surface area contributed by atoms with Gasteiger partial charge in [0.05, 0.1) is 17.7 Å². The molecule has 9 rings (SSSR count). The van der Waals surface area contributed by atoms with Crippen LogP contribution in [-0.4, -0.2) is 12.6 Å². The highest BCUT2D eigenvalue weighted by Gasteiger charge is 2.42. The molecule has 0 amide bonds. The molecular weight excluding hydrogens is 619 g/mol. The van der Waals surface area contributed by atoms with E-state index in [1.165, 1.54) is 50.2 Å². The largest absolute Gasteiger partial charge is 0.337 e. The molecule has 0 bridgehead atoms. The second-order valence-corrected chi connectivity index (χ2v) is 13.2. The van der Waals surface area contributed by atoms with Crippen molar-refractivity contribution in [2.75, 3.05) is 16.3 Å². The number of para-hydroxylation sites is 2. The highest BCUT2D eigenvalue weighted by atomic mass is 15.2. The number of rotatable bonds is 7. The quantitative estimate of drug-likeness (QED) is 0.171. The number of anilines is 4. The van der Waals surface area contributed by atoms with E-state index >= 15 is 0 Å². The van der Waals surface area contributed by atoms with Gasteiger partial charge >= 0.3 is 0 Å². The molecule has 7 aromatic rings. The van der Waals surface area contributed by atoms with Gasteiger partial charge in [0, 0.05) is 35.2 Å². The van der Waals surface area contributed by atoms with Gasteiger partial charge in [-0.1, -0.05) is 133 Å². The predicted molar refractivity (Wildman–Crippen MR) is 211 cm³/mol. The van der Waals surface area contributed by atoms with Crippen molar-refractivity contribution in [1.29, 1.82) is 5.26 Å². The van der Waals surface area contributed by atoms with Crippen LogP contribution in [0.5, 0.6) is 0 Å². The van der Waals surface area contributed by atoms with Crippen LogP contribution in [-0.2, 0) is 0 Å². The molecule has 51 heavy (non-hydrogen) atoms. The maximum absolute atomic E-state index is 9.50. The summed E-state index contributed by atoms with van der Waals surface area (Å²) in [6, 6.07) is 67.1. The molecule has 0 N–H and O–H groups in total. The molecule has 2 atom stereocenters. The van der Waals surface area contributed by atoms with Crippen LogP contribution in [0.1, 0.15) is 28.2 Å². The summed E-state index contributed by atoms with van der Waals surface area (Å²) in [6.45, 7) is 0.715. The summed E-state index contributed by atoms with van der Waals surface area (Å²) in [5.41, 5.74) is 15.4. The minimum Gasteiger partial charge on any atom is -0.337 e. The van der Waals surface area contributed by atoms with Crippen LogP contribution in [0.15, 0.2) is 188 Å². The molecule has 0 radical (unpaired) electrons. The Labute approximate surface area is 299 Å². The zero-order chi connectivity index (χ0) is 34.1. The minimum atomic E-state index is 0.0964. The Kier molecular flexibility index (Phi) is 7.76. The fourth-order valence-corrected chi connectivity index (χ4v) is 7.92. The molecule has 2 aliphatic rings. The van der Waals surface area contributed by atoms with E-state index in [0.717, 1.165) is 17.1 Å². The third-order valence-electron chi connectivity index (χ3n) is 10.4. The summed E-state index contributed by atoms with van der Waals surface area (Å²) >= 11 is 0. The van der Waals surface area contributed by atoms with Crippen LogP contribution in [0.3, 0.4) is 0 Å². The van der Waals surface area contributed by atoms with Crippen molar-refractivity contribution in [2.24, 2.45) is 0 Å². The molecule has 2 unspecified atom stereocenters. The molecular formula is C48H35N3. The van der Waals surface area contributed by atoms with Gasteiger partial charge < -0.3 is 9.80 Å². The summed E-state index contributed by atoms with van der Waals surface area (Å²) in [6.07, 6.45) is 2.49. The number of nitrogens with zero attached hydrogens (tertiary/aromatic N) is 3. The summed E-state index contributed by atoms with van der Waals surface area (Å²) in [5, 5.41) is 9.50. The van der Waals surface area contributed by atoms with Crippen LogP contribution >= 0.6 is 0 Å². The summed E-state index contributed by atoms with van der Waals surface area (Å²) < 4.78 is 0. The zero-order valence-corrected chi connectivity index (χ0v) is 28.1. The van der Waals surface area contributed by atoms with Crippen molar-refractivity contribution in [3.05, 3.63) is 210 Å². The normalized spacial score (nSPS) is 15.6. The first-order chi connectivity index (χ1) is 25.2. The van der Waals surface area contributed by atoms with Gasteiger partial charge in [-0.2, -0.15) is 5.26 Å². The molecule has 1 heterocycles. The van der Waals surface area contributed by atoms with Gasteiger partial charge in [-0.05, 0) is 99.1 Å². The van der Waals surface area contributed by atoms with Crippen molar-refractivity contribution >= 4 is 28.3 Å². The highest BCUT2D eigenvalue weighted by Crippen LogP contribution is 2.53. The molecule has 3 nitrogen and oxygen atoms in total. The number of nitriles is 1. The summed E-state index contributed by atoms with van der Waals surface area (Å²) in [4.78, 5) is 4.89. The lowest BCUT2D eigenvalue weighted by Crippen LogP contribution is -2.33. The van der Waals surface area contributed by atoms with E-state index in [1.807, 2.05) is 12.1 Å². The Morgan fingerprint density at radius 1 is 0.510 bits per heavy atom. The van der Waals surface area contributed by atoms with Gasteiger partial charge in [-0.15, -0.1) is 0 Å². The molecule has 0 saturated carbocycles. The summed E-state index contributed by atoms with van der Waals surface area (Å²) in [7, 11) is 0. The number of hydrogen-bond acceptors (Lipinski definition) is 3. The fraction of sp³-hybridized carbons (Fsp3) is 0.0625. The van der Waals surface area contributed by atoms with Gasteiger partial charge in [0.1, 0.15) is 0 Å². The second kappa shape index (κ2) is 13.0. The lowest BCUT2D eigenvalue weighted by molar-refractivity contribution is 0.718. The van der Waals surface area contributed by atoms with Crippen LogP contribution in [0.25, 0.3) is 27.8 Å². The first-order valence-electron chi connectivity index (χ1n) is 17.5. The van der Waals surface area contributed by atoms with Crippen LogP contribution in [0, 0.1) is 11.3 Å². The lowest BCUT2D eigenvalue weighted by atomic mass is 9.78. The van der Waals surface area contributed by atoms with E-state index in [4.69, 9.17) is 0 Å². The predicted octanol–water partition coefficient (Wildman–Crippen LogP) is 11.8. The molecule has 0 spiro atoms. The van der Waals surface area contributed by atoms with E-state index < -0.39 is 0 Å². The summed E-state index contributed by atoms with van der Waals surface area (Å²) in [5.74, 6) is 0.203. The maximum atomic E-state index is 9.50. The molecule has 242 valence electrons. The van der Waals surface area contributed by atoms with Crippen molar-refractivity contribution < 1.29 is 0 Å². The van der Waals surface area contributed by atoms with Gasteiger partial charge in [0.15, 0.2) is 0 Å². The first-order valence-corrected chi connectivity index (χ1v) is 17.5. The van der Waals surface area contributed by atoms with Gasteiger partial charge in [0.25, 0.3) is 0 Å².